The molecule has 1 unspecified atom stereocenters. The zero-order chi connectivity index (χ0) is 16.1. The average molecular weight is 307 g/mol. The van der Waals surface area contributed by atoms with E-state index in [0.717, 1.165) is 12.8 Å². The van der Waals surface area contributed by atoms with Crippen LogP contribution in [-0.2, 0) is 4.79 Å². The third-order valence-corrected chi connectivity index (χ3v) is 3.95. The number of carbonyl (C=O) groups is 2. The molecule has 0 saturated carbocycles. The van der Waals surface area contributed by atoms with Crippen LogP contribution in [0.1, 0.15) is 38.3 Å². The molecule has 1 aliphatic rings. The largest absolute Gasteiger partial charge is 0.352 e. The molecule has 1 atom stereocenters. The fourth-order valence-corrected chi connectivity index (χ4v) is 2.64. The Kier molecular flexibility index (Phi) is 5.35. The molecule has 22 heavy (non-hydrogen) atoms. The molecule has 1 fully saturated rings. The van der Waals surface area contributed by atoms with Crippen molar-refractivity contribution in [2.75, 3.05) is 13.1 Å². The summed E-state index contributed by atoms with van der Waals surface area (Å²) in [6, 6.07) is 4.83. The molecule has 0 spiro atoms. The second-order valence-corrected chi connectivity index (χ2v) is 5.40. The van der Waals surface area contributed by atoms with E-state index in [4.69, 9.17) is 0 Å². The zero-order valence-electron chi connectivity index (χ0n) is 12.9. The first kappa shape index (κ1) is 16.3. The molecule has 1 aromatic carbocycles. The fourth-order valence-electron chi connectivity index (χ4n) is 2.64. The van der Waals surface area contributed by atoms with Crippen LogP contribution in [0.4, 0.5) is 9.18 Å². The molecule has 0 aliphatic carbocycles. The number of benzene rings is 1. The van der Waals surface area contributed by atoms with Crippen LogP contribution in [0.3, 0.4) is 0 Å². The number of amides is 3. The molecule has 5 nitrogen and oxygen atoms in total. The molecular weight excluding hydrogens is 285 g/mol. The van der Waals surface area contributed by atoms with Gasteiger partial charge in [-0.25, -0.2) is 9.18 Å². The normalized spacial score (nSPS) is 18.3. The lowest BCUT2D eigenvalue weighted by Crippen LogP contribution is -2.56. The Balaban J connectivity index is 2.23. The van der Waals surface area contributed by atoms with E-state index in [-0.39, 0.29) is 18.0 Å². The van der Waals surface area contributed by atoms with E-state index in [1.807, 2.05) is 13.8 Å². The van der Waals surface area contributed by atoms with Crippen molar-refractivity contribution in [3.05, 3.63) is 35.6 Å². The molecule has 0 bridgehead atoms. The Bertz CT molecular complexity index is 546. The summed E-state index contributed by atoms with van der Waals surface area (Å²) in [4.78, 5) is 26.2. The summed E-state index contributed by atoms with van der Waals surface area (Å²) in [6.07, 6.45) is 1.65. The molecule has 1 aromatic rings. The Hall–Kier alpha value is -2.11. The fraction of sp³-hybridized carbons (Fsp3) is 0.500. The second-order valence-electron chi connectivity index (χ2n) is 5.40. The number of urea groups is 1. The minimum Gasteiger partial charge on any atom is -0.352 e. The summed E-state index contributed by atoms with van der Waals surface area (Å²) in [5, 5.41) is 5.67. The standard InChI is InChI=1S/C16H22FN3O2/c1-3-13(4-2)19-16(22)20-9-8-18-15(21)14(20)11-6-5-7-12(17)10-11/h5-7,10,13-14H,3-4,8-9H2,1-2H3,(H,18,21)(H,19,22). The van der Waals surface area contributed by atoms with Crippen LogP contribution in [0.2, 0.25) is 0 Å². The lowest BCUT2D eigenvalue weighted by molar-refractivity contribution is -0.127. The average Bonchev–Trinajstić information content (AvgIpc) is 2.52. The highest BCUT2D eigenvalue weighted by molar-refractivity contribution is 5.89. The predicted molar refractivity (Wildman–Crippen MR) is 81.8 cm³/mol. The van der Waals surface area contributed by atoms with Gasteiger partial charge in [-0.3, -0.25) is 4.79 Å². The highest BCUT2D eigenvalue weighted by Crippen LogP contribution is 2.24. The molecule has 1 aliphatic heterocycles. The Morgan fingerprint density at radius 2 is 2.18 bits per heavy atom. The van der Waals surface area contributed by atoms with Crippen molar-refractivity contribution in [2.45, 2.75) is 38.8 Å². The van der Waals surface area contributed by atoms with Crippen molar-refractivity contribution in [2.24, 2.45) is 0 Å². The molecule has 120 valence electrons. The van der Waals surface area contributed by atoms with E-state index in [1.54, 1.807) is 12.1 Å². The van der Waals surface area contributed by atoms with Crippen LogP contribution in [0.25, 0.3) is 0 Å². The molecule has 2 N–H and O–H groups in total. The van der Waals surface area contributed by atoms with Gasteiger partial charge in [0.25, 0.3) is 0 Å². The third kappa shape index (κ3) is 3.55. The summed E-state index contributed by atoms with van der Waals surface area (Å²) >= 11 is 0. The number of hydrogen-bond donors (Lipinski definition) is 2. The van der Waals surface area contributed by atoms with Crippen molar-refractivity contribution in [1.29, 1.82) is 0 Å². The highest BCUT2D eigenvalue weighted by atomic mass is 19.1. The maximum Gasteiger partial charge on any atom is 0.318 e. The molecule has 1 heterocycles. The smallest absolute Gasteiger partial charge is 0.318 e. The monoisotopic (exact) mass is 307 g/mol. The van der Waals surface area contributed by atoms with Gasteiger partial charge in [-0.1, -0.05) is 26.0 Å². The number of halogens is 1. The first-order valence-electron chi connectivity index (χ1n) is 7.67. The molecule has 2 rings (SSSR count). The van der Waals surface area contributed by atoms with Gasteiger partial charge < -0.3 is 15.5 Å². The van der Waals surface area contributed by atoms with Crippen molar-refractivity contribution in [1.82, 2.24) is 15.5 Å². The van der Waals surface area contributed by atoms with Gasteiger partial charge in [0.1, 0.15) is 11.9 Å². The van der Waals surface area contributed by atoms with Crippen LogP contribution >= 0.6 is 0 Å². The van der Waals surface area contributed by atoms with Gasteiger partial charge in [-0.15, -0.1) is 0 Å². The van der Waals surface area contributed by atoms with E-state index in [1.165, 1.54) is 17.0 Å². The Labute approximate surface area is 129 Å². The number of piperazine rings is 1. The second kappa shape index (κ2) is 7.24. The van der Waals surface area contributed by atoms with E-state index in [9.17, 15) is 14.0 Å². The topological polar surface area (TPSA) is 61.4 Å². The number of hydrogen-bond acceptors (Lipinski definition) is 2. The van der Waals surface area contributed by atoms with Crippen molar-refractivity contribution in [3.8, 4) is 0 Å². The first-order chi connectivity index (χ1) is 10.6. The maximum atomic E-state index is 13.4. The summed E-state index contributed by atoms with van der Waals surface area (Å²) in [5.74, 6) is -0.701. The summed E-state index contributed by atoms with van der Waals surface area (Å²) in [7, 11) is 0. The predicted octanol–water partition coefficient (Wildman–Crippen LogP) is 2.20. The Morgan fingerprint density at radius 3 is 2.82 bits per heavy atom. The lowest BCUT2D eigenvalue weighted by atomic mass is 10.0. The van der Waals surface area contributed by atoms with E-state index in [2.05, 4.69) is 10.6 Å². The summed E-state index contributed by atoms with van der Waals surface area (Å²) in [5.41, 5.74) is 0.483. The van der Waals surface area contributed by atoms with E-state index in [0.29, 0.717) is 18.7 Å². The molecular formula is C16H22FN3O2. The summed E-state index contributed by atoms with van der Waals surface area (Å²) < 4.78 is 13.4. The van der Waals surface area contributed by atoms with Crippen LogP contribution < -0.4 is 10.6 Å². The van der Waals surface area contributed by atoms with Gasteiger partial charge >= 0.3 is 6.03 Å². The minimum absolute atomic E-state index is 0.0747. The van der Waals surface area contributed by atoms with Gasteiger partial charge in [0.15, 0.2) is 0 Å². The molecule has 6 heteroatoms. The van der Waals surface area contributed by atoms with E-state index < -0.39 is 11.9 Å². The molecule has 0 aromatic heterocycles. The number of nitrogens with zero attached hydrogens (tertiary/aromatic N) is 1. The molecule has 1 saturated heterocycles. The van der Waals surface area contributed by atoms with Gasteiger partial charge in [-0.05, 0) is 30.5 Å². The molecule has 0 radical (unpaired) electrons. The van der Waals surface area contributed by atoms with Gasteiger partial charge in [0.05, 0.1) is 0 Å². The van der Waals surface area contributed by atoms with Gasteiger partial charge in [-0.2, -0.15) is 0 Å². The van der Waals surface area contributed by atoms with Crippen molar-refractivity contribution < 1.29 is 14.0 Å². The number of nitrogens with one attached hydrogen (secondary N) is 2. The minimum atomic E-state index is -0.793. The van der Waals surface area contributed by atoms with Crippen molar-refractivity contribution in [3.63, 3.8) is 0 Å². The van der Waals surface area contributed by atoms with Gasteiger partial charge in [0, 0.05) is 19.1 Å². The van der Waals surface area contributed by atoms with Crippen molar-refractivity contribution >= 4 is 11.9 Å². The van der Waals surface area contributed by atoms with Crippen LogP contribution in [0, 0.1) is 5.82 Å². The van der Waals surface area contributed by atoms with E-state index >= 15 is 0 Å². The van der Waals surface area contributed by atoms with Crippen LogP contribution in [-0.4, -0.2) is 36.0 Å². The Morgan fingerprint density at radius 1 is 1.45 bits per heavy atom. The third-order valence-electron chi connectivity index (χ3n) is 3.95. The maximum absolute atomic E-state index is 13.4. The van der Waals surface area contributed by atoms with Crippen LogP contribution in [0.15, 0.2) is 24.3 Å². The molecule has 3 amide bonds. The number of carbonyl (C=O) groups excluding carboxylic acids is 2. The highest BCUT2D eigenvalue weighted by Gasteiger charge is 2.34. The first-order valence-corrected chi connectivity index (χ1v) is 7.67. The van der Waals surface area contributed by atoms with Crippen LogP contribution in [0.5, 0.6) is 0 Å². The quantitative estimate of drug-likeness (QED) is 0.896. The lowest BCUT2D eigenvalue weighted by Gasteiger charge is -2.36. The SMILES string of the molecule is CCC(CC)NC(=O)N1CCNC(=O)C1c1cccc(F)c1. The zero-order valence-corrected chi connectivity index (χ0v) is 12.9. The van der Waals surface area contributed by atoms with Gasteiger partial charge in [0.2, 0.25) is 5.91 Å². The summed E-state index contributed by atoms with van der Waals surface area (Å²) in [6.45, 7) is 4.81. The number of rotatable bonds is 4.